The van der Waals surface area contributed by atoms with Crippen LogP contribution in [0.5, 0.6) is 0 Å². The van der Waals surface area contributed by atoms with Gasteiger partial charge in [-0.3, -0.25) is 0 Å². The Morgan fingerprint density at radius 2 is 2.17 bits per heavy atom. The van der Waals surface area contributed by atoms with Gasteiger partial charge in [0.15, 0.2) is 0 Å². The molecule has 1 N–H and O–H groups in total. The zero-order valence-electron chi connectivity index (χ0n) is 14.8. The van der Waals surface area contributed by atoms with E-state index in [0.29, 0.717) is 12.6 Å². The van der Waals surface area contributed by atoms with Crippen molar-refractivity contribution in [2.24, 2.45) is 5.41 Å². The van der Waals surface area contributed by atoms with Crippen LogP contribution in [0.25, 0.3) is 0 Å². The first-order valence-electron chi connectivity index (χ1n) is 8.98. The third kappa shape index (κ3) is 3.09. The van der Waals surface area contributed by atoms with Gasteiger partial charge in [-0.15, -0.1) is 0 Å². The molecular formula is C18H30N4O. The predicted molar refractivity (Wildman–Crippen MR) is 92.8 cm³/mol. The third-order valence-corrected chi connectivity index (χ3v) is 5.79. The van der Waals surface area contributed by atoms with E-state index in [4.69, 9.17) is 4.98 Å². The van der Waals surface area contributed by atoms with E-state index in [1.54, 1.807) is 0 Å². The van der Waals surface area contributed by atoms with Crippen molar-refractivity contribution in [1.29, 1.82) is 0 Å². The monoisotopic (exact) mass is 318 g/mol. The molecule has 2 aliphatic rings. The number of likely N-dealkylation sites (N-methyl/N-ethyl adjacent to an activating group) is 1. The molecule has 0 bridgehead atoms. The summed E-state index contributed by atoms with van der Waals surface area (Å²) >= 11 is 0. The SMILES string of the molecule is CCCc1cnc(C)nc1N1CC[C@@]2(CO)CCCN(C)[C@@H]2C1. The molecule has 0 saturated carbocycles. The number of piperidine rings is 2. The number of aliphatic hydroxyl groups is 1. The molecule has 0 aromatic carbocycles. The van der Waals surface area contributed by atoms with Gasteiger partial charge in [0.05, 0.1) is 6.61 Å². The number of aryl methyl sites for hydroxylation is 2. The van der Waals surface area contributed by atoms with E-state index < -0.39 is 0 Å². The first kappa shape index (κ1) is 16.7. The number of rotatable bonds is 4. The van der Waals surface area contributed by atoms with E-state index in [1.807, 2.05) is 13.1 Å². The molecule has 2 saturated heterocycles. The maximum Gasteiger partial charge on any atom is 0.135 e. The molecule has 1 aromatic rings. The van der Waals surface area contributed by atoms with Crippen LogP contribution in [0.2, 0.25) is 0 Å². The molecule has 2 atom stereocenters. The van der Waals surface area contributed by atoms with Crippen LogP contribution in [0.1, 0.15) is 44.0 Å². The molecule has 0 spiro atoms. The number of anilines is 1. The molecule has 0 amide bonds. The Morgan fingerprint density at radius 3 is 2.91 bits per heavy atom. The summed E-state index contributed by atoms with van der Waals surface area (Å²) in [6, 6.07) is 0.416. The van der Waals surface area contributed by atoms with Crippen molar-refractivity contribution in [1.82, 2.24) is 14.9 Å². The number of aliphatic hydroxyl groups excluding tert-OH is 1. The average molecular weight is 318 g/mol. The van der Waals surface area contributed by atoms with E-state index in [-0.39, 0.29) is 5.41 Å². The molecule has 3 heterocycles. The lowest BCUT2D eigenvalue weighted by Gasteiger charge is -2.54. The standard InChI is InChI=1S/C18H30N4O/c1-4-6-15-11-19-14(2)20-17(15)22-10-8-18(13-23)7-5-9-21(3)16(18)12-22/h11,16,23H,4-10,12-13H2,1-3H3/t16-,18-/m1/s1. The largest absolute Gasteiger partial charge is 0.396 e. The number of fused-ring (bicyclic) bond motifs is 1. The minimum Gasteiger partial charge on any atom is -0.396 e. The molecular weight excluding hydrogens is 288 g/mol. The minimum atomic E-state index is 0.0799. The number of likely N-dealkylation sites (tertiary alicyclic amines) is 1. The molecule has 23 heavy (non-hydrogen) atoms. The Balaban J connectivity index is 1.87. The highest BCUT2D eigenvalue weighted by Gasteiger charge is 2.46. The molecule has 2 fully saturated rings. The molecule has 0 radical (unpaired) electrons. The van der Waals surface area contributed by atoms with E-state index in [0.717, 1.165) is 57.0 Å². The van der Waals surface area contributed by atoms with Crippen molar-refractivity contribution < 1.29 is 5.11 Å². The summed E-state index contributed by atoms with van der Waals surface area (Å²) in [6.07, 6.45) is 7.53. The fourth-order valence-corrected chi connectivity index (χ4v) is 4.41. The van der Waals surface area contributed by atoms with Gasteiger partial charge in [0.2, 0.25) is 0 Å². The van der Waals surface area contributed by atoms with Gasteiger partial charge in [0, 0.05) is 36.3 Å². The summed E-state index contributed by atoms with van der Waals surface area (Å²) in [7, 11) is 2.20. The predicted octanol–water partition coefficient (Wildman–Crippen LogP) is 2.02. The Kier molecular flexibility index (Phi) is 4.87. The van der Waals surface area contributed by atoms with E-state index in [9.17, 15) is 5.11 Å². The zero-order valence-corrected chi connectivity index (χ0v) is 14.8. The highest BCUT2D eigenvalue weighted by Crippen LogP contribution is 2.42. The van der Waals surface area contributed by atoms with Crippen LogP contribution < -0.4 is 4.90 Å². The number of hydrogen-bond donors (Lipinski definition) is 1. The quantitative estimate of drug-likeness (QED) is 0.920. The van der Waals surface area contributed by atoms with Crippen molar-refractivity contribution in [3.05, 3.63) is 17.6 Å². The highest BCUT2D eigenvalue weighted by molar-refractivity contribution is 5.47. The molecule has 0 aliphatic carbocycles. The topological polar surface area (TPSA) is 52.5 Å². The van der Waals surface area contributed by atoms with Crippen molar-refractivity contribution >= 4 is 5.82 Å². The van der Waals surface area contributed by atoms with Crippen LogP contribution in [-0.2, 0) is 6.42 Å². The second kappa shape index (κ2) is 6.73. The molecule has 2 aliphatic heterocycles. The van der Waals surface area contributed by atoms with Crippen LogP contribution >= 0.6 is 0 Å². The van der Waals surface area contributed by atoms with Gasteiger partial charge in [-0.2, -0.15) is 0 Å². The summed E-state index contributed by atoms with van der Waals surface area (Å²) < 4.78 is 0. The van der Waals surface area contributed by atoms with Crippen LogP contribution in [-0.4, -0.2) is 59.3 Å². The summed E-state index contributed by atoms with van der Waals surface area (Å²) in [4.78, 5) is 14.0. The summed E-state index contributed by atoms with van der Waals surface area (Å²) in [5.74, 6) is 1.96. The Bertz CT molecular complexity index is 550. The maximum absolute atomic E-state index is 10.1. The van der Waals surface area contributed by atoms with E-state index in [1.165, 1.54) is 12.0 Å². The van der Waals surface area contributed by atoms with Crippen molar-refractivity contribution in [3.63, 3.8) is 0 Å². The minimum absolute atomic E-state index is 0.0799. The van der Waals surface area contributed by atoms with Crippen LogP contribution in [0, 0.1) is 12.3 Å². The summed E-state index contributed by atoms with van der Waals surface area (Å²) in [6.45, 7) is 7.55. The second-order valence-electron chi connectivity index (χ2n) is 7.33. The van der Waals surface area contributed by atoms with Gasteiger partial charge in [0.1, 0.15) is 11.6 Å². The first-order valence-corrected chi connectivity index (χ1v) is 8.98. The lowest BCUT2D eigenvalue weighted by Crippen LogP contribution is -2.61. The Hall–Kier alpha value is -1.20. The summed E-state index contributed by atoms with van der Waals surface area (Å²) in [5.41, 5.74) is 1.34. The van der Waals surface area contributed by atoms with Crippen molar-refractivity contribution in [3.8, 4) is 0 Å². The zero-order chi connectivity index (χ0) is 16.4. The molecule has 1 aromatic heterocycles. The number of nitrogens with zero attached hydrogens (tertiary/aromatic N) is 4. The average Bonchev–Trinajstić information content (AvgIpc) is 2.57. The lowest BCUT2D eigenvalue weighted by atomic mass is 9.69. The third-order valence-electron chi connectivity index (χ3n) is 5.79. The van der Waals surface area contributed by atoms with Gasteiger partial charge in [0.25, 0.3) is 0 Å². The molecule has 0 unspecified atom stereocenters. The smallest absolute Gasteiger partial charge is 0.135 e. The molecule has 5 heteroatoms. The highest BCUT2D eigenvalue weighted by atomic mass is 16.3. The fraction of sp³-hybridized carbons (Fsp3) is 0.778. The molecule has 128 valence electrons. The van der Waals surface area contributed by atoms with Crippen LogP contribution in [0.15, 0.2) is 6.20 Å². The van der Waals surface area contributed by atoms with Crippen molar-refractivity contribution in [2.75, 3.05) is 38.2 Å². The maximum atomic E-state index is 10.1. The fourth-order valence-electron chi connectivity index (χ4n) is 4.41. The molecule has 5 nitrogen and oxygen atoms in total. The summed E-state index contributed by atoms with van der Waals surface area (Å²) in [5, 5.41) is 10.1. The van der Waals surface area contributed by atoms with Crippen LogP contribution in [0.4, 0.5) is 5.82 Å². The number of hydrogen-bond acceptors (Lipinski definition) is 5. The van der Waals surface area contributed by atoms with Crippen LogP contribution in [0.3, 0.4) is 0 Å². The van der Waals surface area contributed by atoms with E-state index >= 15 is 0 Å². The normalized spacial score (nSPS) is 28.7. The second-order valence-corrected chi connectivity index (χ2v) is 7.33. The van der Waals surface area contributed by atoms with Gasteiger partial charge in [-0.1, -0.05) is 13.3 Å². The van der Waals surface area contributed by atoms with Gasteiger partial charge < -0.3 is 14.9 Å². The first-order chi connectivity index (χ1) is 11.1. The van der Waals surface area contributed by atoms with Gasteiger partial charge in [-0.25, -0.2) is 9.97 Å². The molecule has 3 rings (SSSR count). The lowest BCUT2D eigenvalue weighted by molar-refractivity contribution is -0.0277. The van der Waals surface area contributed by atoms with Crippen molar-refractivity contribution in [2.45, 2.75) is 52.0 Å². The van der Waals surface area contributed by atoms with Gasteiger partial charge >= 0.3 is 0 Å². The van der Waals surface area contributed by atoms with Gasteiger partial charge in [-0.05, 0) is 46.2 Å². The Morgan fingerprint density at radius 1 is 1.35 bits per heavy atom. The number of aromatic nitrogens is 2. The van der Waals surface area contributed by atoms with E-state index in [2.05, 4.69) is 28.8 Å². The Labute approximate surface area is 139 Å².